The first-order valence-corrected chi connectivity index (χ1v) is 7.03. The highest BCUT2D eigenvalue weighted by molar-refractivity contribution is 6.24. The monoisotopic (exact) mass is 256 g/mol. The Balaban J connectivity index is 2.15. The van der Waals surface area contributed by atoms with E-state index in [1.165, 1.54) is 18.9 Å². The number of hydrogen-bond acceptors (Lipinski definition) is 2. The summed E-state index contributed by atoms with van der Waals surface area (Å²) in [5, 5.41) is 0. The summed E-state index contributed by atoms with van der Waals surface area (Å²) in [4.78, 5) is 24.4. The molecule has 0 unspecified atom stereocenters. The lowest BCUT2D eigenvalue weighted by Gasteiger charge is -2.15. The van der Waals surface area contributed by atoms with E-state index < -0.39 is 0 Å². The number of rotatable bonds is 5. The molecule has 0 aliphatic heterocycles. The lowest BCUT2D eigenvalue weighted by Crippen LogP contribution is -2.17. The van der Waals surface area contributed by atoms with Gasteiger partial charge in [-0.1, -0.05) is 43.9 Å². The Bertz CT molecular complexity index is 538. The largest absolute Gasteiger partial charge is 0.289 e. The zero-order valence-electron chi connectivity index (χ0n) is 11.7. The maximum absolute atomic E-state index is 12.3. The van der Waals surface area contributed by atoms with E-state index in [2.05, 4.69) is 6.92 Å². The summed E-state index contributed by atoms with van der Waals surface area (Å²) in [5.74, 6) is 0.00916. The number of carbonyl (C=O) groups excluding carboxylic acids is 2. The van der Waals surface area contributed by atoms with Crippen molar-refractivity contribution in [2.45, 2.75) is 46.0 Å². The number of ketones is 2. The van der Waals surface area contributed by atoms with Gasteiger partial charge in [-0.3, -0.25) is 9.59 Å². The van der Waals surface area contributed by atoms with Gasteiger partial charge >= 0.3 is 0 Å². The summed E-state index contributed by atoms with van der Waals surface area (Å²) in [6.45, 7) is 4.09. The highest BCUT2D eigenvalue weighted by atomic mass is 16.1. The van der Waals surface area contributed by atoms with Crippen molar-refractivity contribution in [3.8, 4) is 0 Å². The van der Waals surface area contributed by atoms with Crippen molar-refractivity contribution >= 4 is 11.6 Å². The molecular weight excluding hydrogens is 236 g/mol. The molecule has 1 aromatic carbocycles. The normalized spacial score (nSPS) is 14.3. The fourth-order valence-electron chi connectivity index (χ4n) is 2.46. The fourth-order valence-corrected chi connectivity index (χ4v) is 2.46. The molecule has 2 heteroatoms. The van der Waals surface area contributed by atoms with Crippen molar-refractivity contribution in [2.75, 3.05) is 0 Å². The van der Waals surface area contributed by atoms with Crippen LogP contribution < -0.4 is 0 Å². The third-order valence-corrected chi connectivity index (χ3v) is 3.58. The third kappa shape index (κ3) is 3.01. The van der Waals surface area contributed by atoms with Crippen LogP contribution in [0.1, 0.15) is 65.3 Å². The number of aryl methyl sites for hydroxylation is 1. The number of fused-ring (bicyclic) bond motifs is 1. The number of allylic oxidation sites excluding steroid dienone is 2. The lowest BCUT2D eigenvalue weighted by molar-refractivity contribution is 0.0981. The molecule has 0 amide bonds. The Hall–Kier alpha value is -1.70. The third-order valence-electron chi connectivity index (χ3n) is 3.58. The Labute approximate surface area is 114 Å². The molecule has 0 radical (unpaired) electrons. The Morgan fingerprint density at radius 1 is 1.00 bits per heavy atom. The number of hydrogen-bond donors (Lipinski definition) is 0. The van der Waals surface area contributed by atoms with Gasteiger partial charge in [0.1, 0.15) is 0 Å². The average Bonchev–Trinajstić information content (AvgIpc) is 2.40. The molecule has 0 saturated carbocycles. The minimum absolute atomic E-state index is 0.0243. The van der Waals surface area contributed by atoms with Gasteiger partial charge in [0, 0.05) is 16.7 Å². The first-order valence-electron chi connectivity index (χ1n) is 7.03. The molecule has 2 rings (SSSR count). The van der Waals surface area contributed by atoms with E-state index in [0.717, 1.165) is 24.8 Å². The Kier molecular flexibility index (Phi) is 4.31. The van der Waals surface area contributed by atoms with E-state index in [9.17, 15) is 9.59 Å². The topological polar surface area (TPSA) is 34.1 Å². The summed E-state index contributed by atoms with van der Waals surface area (Å²) in [7, 11) is 0. The summed E-state index contributed by atoms with van der Waals surface area (Å²) >= 11 is 0. The number of Topliss-reactive ketones (excluding diaryl/α,β-unsaturated/α-hetero) is 1. The SMILES string of the molecule is CCCCCCC1=CC(=O)c2cc(C)ccc2C1=O. The highest BCUT2D eigenvalue weighted by Crippen LogP contribution is 2.25. The van der Waals surface area contributed by atoms with Crippen LogP contribution in [0.15, 0.2) is 29.8 Å². The molecule has 2 nitrogen and oxygen atoms in total. The molecular formula is C17H20O2. The van der Waals surface area contributed by atoms with Crippen LogP contribution in [0.25, 0.3) is 0 Å². The maximum Gasteiger partial charge on any atom is 0.189 e. The average molecular weight is 256 g/mol. The van der Waals surface area contributed by atoms with E-state index in [0.29, 0.717) is 16.7 Å². The Morgan fingerprint density at radius 3 is 2.53 bits per heavy atom. The zero-order valence-corrected chi connectivity index (χ0v) is 11.7. The predicted octanol–water partition coefficient (Wildman–Crippen LogP) is 4.27. The minimum Gasteiger partial charge on any atom is -0.289 e. The van der Waals surface area contributed by atoms with Crippen molar-refractivity contribution in [1.29, 1.82) is 0 Å². The first kappa shape index (κ1) is 13.7. The molecule has 1 aliphatic carbocycles. The van der Waals surface area contributed by atoms with Crippen molar-refractivity contribution < 1.29 is 9.59 Å². The zero-order chi connectivity index (χ0) is 13.8. The number of unbranched alkanes of at least 4 members (excludes halogenated alkanes) is 3. The van der Waals surface area contributed by atoms with E-state index in [-0.39, 0.29) is 11.6 Å². The van der Waals surface area contributed by atoms with Crippen LogP contribution in [0.3, 0.4) is 0 Å². The van der Waals surface area contributed by atoms with Crippen LogP contribution in [0, 0.1) is 6.92 Å². The van der Waals surface area contributed by atoms with Crippen LogP contribution >= 0.6 is 0 Å². The van der Waals surface area contributed by atoms with Gasteiger partial charge in [-0.25, -0.2) is 0 Å². The molecule has 0 bridgehead atoms. The molecule has 1 aliphatic rings. The summed E-state index contributed by atoms with van der Waals surface area (Å²) in [6.07, 6.45) is 6.73. The maximum atomic E-state index is 12.3. The first-order chi connectivity index (χ1) is 9.13. The second-order valence-corrected chi connectivity index (χ2v) is 5.22. The predicted molar refractivity (Wildman–Crippen MR) is 76.7 cm³/mol. The van der Waals surface area contributed by atoms with E-state index in [1.807, 2.05) is 13.0 Å². The van der Waals surface area contributed by atoms with Gasteiger partial charge in [0.25, 0.3) is 0 Å². The van der Waals surface area contributed by atoms with E-state index >= 15 is 0 Å². The van der Waals surface area contributed by atoms with Gasteiger partial charge < -0.3 is 0 Å². The molecule has 0 N–H and O–H groups in total. The second kappa shape index (κ2) is 5.96. The van der Waals surface area contributed by atoms with Crippen LogP contribution in [-0.2, 0) is 0 Å². The number of carbonyl (C=O) groups is 2. The fraction of sp³-hybridized carbons (Fsp3) is 0.412. The van der Waals surface area contributed by atoms with Gasteiger partial charge in [-0.15, -0.1) is 0 Å². The van der Waals surface area contributed by atoms with Crippen molar-refractivity contribution in [3.63, 3.8) is 0 Å². The van der Waals surface area contributed by atoms with Gasteiger partial charge in [-0.2, -0.15) is 0 Å². The Morgan fingerprint density at radius 2 is 1.79 bits per heavy atom. The standard InChI is InChI=1S/C17H20O2/c1-3-4-5-6-7-13-11-16(18)15-10-12(2)8-9-14(15)17(13)19/h8-11H,3-7H2,1-2H3. The quantitative estimate of drug-likeness (QED) is 0.737. The van der Waals surface area contributed by atoms with Crippen LogP contribution in [0.2, 0.25) is 0 Å². The summed E-state index contributed by atoms with van der Waals surface area (Å²) in [6, 6.07) is 5.48. The molecule has 0 heterocycles. The van der Waals surface area contributed by atoms with Crippen molar-refractivity contribution in [1.82, 2.24) is 0 Å². The second-order valence-electron chi connectivity index (χ2n) is 5.22. The van der Waals surface area contributed by atoms with Gasteiger partial charge in [0.05, 0.1) is 0 Å². The highest BCUT2D eigenvalue weighted by Gasteiger charge is 2.24. The smallest absolute Gasteiger partial charge is 0.189 e. The number of benzene rings is 1. The van der Waals surface area contributed by atoms with Crippen LogP contribution in [0.4, 0.5) is 0 Å². The molecule has 19 heavy (non-hydrogen) atoms. The van der Waals surface area contributed by atoms with Gasteiger partial charge in [-0.05, 0) is 31.9 Å². The molecule has 0 atom stereocenters. The molecule has 0 spiro atoms. The van der Waals surface area contributed by atoms with Crippen LogP contribution in [-0.4, -0.2) is 11.6 Å². The molecule has 100 valence electrons. The molecule has 0 aromatic heterocycles. The summed E-state index contributed by atoms with van der Waals surface area (Å²) in [5.41, 5.74) is 2.82. The van der Waals surface area contributed by atoms with Crippen molar-refractivity contribution in [2.24, 2.45) is 0 Å². The molecule has 1 aromatic rings. The minimum atomic E-state index is -0.0243. The lowest BCUT2D eigenvalue weighted by atomic mass is 9.86. The van der Waals surface area contributed by atoms with Gasteiger partial charge in [0.15, 0.2) is 11.6 Å². The van der Waals surface area contributed by atoms with Crippen molar-refractivity contribution in [3.05, 3.63) is 46.5 Å². The molecule has 0 saturated heterocycles. The molecule has 0 fully saturated rings. The van der Waals surface area contributed by atoms with Gasteiger partial charge in [0.2, 0.25) is 0 Å². The van der Waals surface area contributed by atoms with E-state index in [1.54, 1.807) is 12.1 Å². The van der Waals surface area contributed by atoms with E-state index in [4.69, 9.17) is 0 Å². The summed E-state index contributed by atoms with van der Waals surface area (Å²) < 4.78 is 0. The van der Waals surface area contributed by atoms with Crippen LogP contribution in [0.5, 0.6) is 0 Å².